The Labute approximate surface area is 219 Å². The highest BCUT2D eigenvalue weighted by atomic mass is 32.2. The van der Waals surface area contributed by atoms with E-state index in [1.807, 2.05) is 19.0 Å². The van der Waals surface area contributed by atoms with E-state index in [4.69, 9.17) is 4.74 Å². The maximum Gasteiger partial charge on any atom is 0.295 e. The number of nitro benzene ring substituents is 1. The van der Waals surface area contributed by atoms with Gasteiger partial charge in [-0.2, -0.15) is 4.31 Å². The van der Waals surface area contributed by atoms with E-state index >= 15 is 0 Å². The lowest BCUT2D eigenvalue weighted by atomic mass is 9.95. The minimum absolute atomic E-state index is 0.0225. The molecule has 1 amide bonds. The van der Waals surface area contributed by atoms with Crippen LogP contribution in [-0.4, -0.2) is 97.7 Å². The van der Waals surface area contributed by atoms with Crippen molar-refractivity contribution < 1.29 is 32.8 Å². The number of ether oxygens (including phenoxy) is 1. The van der Waals surface area contributed by atoms with Crippen molar-refractivity contribution in [3.63, 3.8) is 0 Å². The number of nitro groups is 1. The van der Waals surface area contributed by atoms with Gasteiger partial charge in [-0.15, -0.1) is 0 Å². The lowest BCUT2D eigenvalue weighted by Gasteiger charge is -2.26. The fourth-order valence-electron chi connectivity index (χ4n) is 4.42. The molecule has 12 nitrogen and oxygen atoms in total. The van der Waals surface area contributed by atoms with Gasteiger partial charge >= 0.3 is 0 Å². The molecule has 2 aliphatic rings. The highest BCUT2D eigenvalue weighted by Crippen LogP contribution is 2.39. The SMILES string of the molecule is CN(C)CCN1C(=O)C(=O)C(=C(O)c2ccc(S(=O)(=O)N3CCOCC3)cc2)[C@H]1c1ccc([N+](=O)[O-])cc1. The minimum atomic E-state index is -3.77. The Morgan fingerprint density at radius 3 is 2.24 bits per heavy atom. The summed E-state index contributed by atoms with van der Waals surface area (Å²) in [5.41, 5.74) is 0.243. The van der Waals surface area contributed by atoms with Crippen molar-refractivity contribution in [3.05, 3.63) is 75.3 Å². The van der Waals surface area contributed by atoms with Crippen molar-refractivity contribution in [2.24, 2.45) is 0 Å². The Kier molecular flexibility index (Phi) is 7.92. The molecule has 0 spiro atoms. The van der Waals surface area contributed by atoms with E-state index in [0.717, 1.165) is 0 Å². The number of Topliss-reactive ketones (excluding diaryl/α,β-unsaturated/α-hetero) is 1. The topological polar surface area (TPSA) is 151 Å². The van der Waals surface area contributed by atoms with E-state index in [2.05, 4.69) is 0 Å². The van der Waals surface area contributed by atoms with Crippen LogP contribution in [-0.2, 0) is 24.3 Å². The third-order valence-corrected chi connectivity index (χ3v) is 8.40. The molecule has 2 heterocycles. The number of likely N-dealkylation sites (N-methyl/N-ethyl adjacent to an activating group) is 1. The third-order valence-electron chi connectivity index (χ3n) is 6.48. The molecule has 0 aromatic heterocycles. The normalized spacial score (nSPS) is 20.3. The standard InChI is InChI=1S/C25H28N4O8S/c1-26(2)11-12-28-22(17-3-7-19(8-4-17)29(33)34)21(24(31)25(28)32)23(30)18-5-9-20(10-6-18)38(35,36)27-13-15-37-16-14-27/h3-10,22,30H,11-16H2,1-2H3/t22-/m1/s1. The average molecular weight is 545 g/mol. The number of rotatable bonds is 8. The number of hydrogen-bond acceptors (Lipinski definition) is 9. The quantitative estimate of drug-likeness (QED) is 0.172. The Bertz CT molecular complexity index is 1370. The van der Waals surface area contributed by atoms with Crippen LogP contribution in [0.15, 0.2) is 59.0 Å². The van der Waals surface area contributed by atoms with Crippen molar-refractivity contribution in [1.29, 1.82) is 0 Å². The molecule has 2 fully saturated rings. The fraction of sp³-hybridized carbons (Fsp3) is 0.360. The summed E-state index contributed by atoms with van der Waals surface area (Å²) >= 11 is 0. The van der Waals surface area contributed by atoms with Crippen molar-refractivity contribution in [2.45, 2.75) is 10.9 Å². The Morgan fingerprint density at radius 2 is 1.68 bits per heavy atom. The number of morpholine rings is 1. The molecule has 0 unspecified atom stereocenters. The molecule has 38 heavy (non-hydrogen) atoms. The maximum atomic E-state index is 13.1. The second kappa shape index (κ2) is 11.0. The zero-order valence-electron chi connectivity index (χ0n) is 20.9. The van der Waals surface area contributed by atoms with E-state index < -0.39 is 38.4 Å². The smallest absolute Gasteiger partial charge is 0.295 e. The first-order valence-electron chi connectivity index (χ1n) is 11.9. The predicted molar refractivity (Wildman–Crippen MR) is 137 cm³/mol. The Morgan fingerprint density at radius 1 is 1.08 bits per heavy atom. The van der Waals surface area contributed by atoms with Crippen molar-refractivity contribution in [3.8, 4) is 0 Å². The first-order chi connectivity index (χ1) is 18.0. The molecule has 2 aliphatic heterocycles. The second-order valence-electron chi connectivity index (χ2n) is 9.19. The van der Waals surface area contributed by atoms with Gasteiger partial charge in [0.15, 0.2) is 0 Å². The van der Waals surface area contributed by atoms with Gasteiger partial charge in [0.05, 0.1) is 34.6 Å². The van der Waals surface area contributed by atoms with E-state index in [1.165, 1.54) is 57.7 Å². The number of benzene rings is 2. The summed E-state index contributed by atoms with van der Waals surface area (Å²) in [7, 11) is -0.147. The third kappa shape index (κ3) is 5.31. The maximum absolute atomic E-state index is 13.1. The zero-order valence-corrected chi connectivity index (χ0v) is 21.8. The fourth-order valence-corrected chi connectivity index (χ4v) is 5.83. The predicted octanol–water partition coefficient (Wildman–Crippen LogP) is 1.60. The van der Waals surface area contributed by atoms with Crippen LogP contribution >= 0.6 is 0 Å². The number of hydrogen-bond donors (Lipinski definition) is 1. The lowest BCUT2D eigenvalue weighted by Crippen LogP contribution is -2.40. The van der Waals surface area contributed by atoms with Gasteiger partial charge < -0.3 is 19.6 Å². The van der Waals surface area contributed by atoms with E-state index in [9.17, 15) is 33.2 Å². The zero-order chi connectivity index (χ0) is 27.6. The first kappa shape index (κ1) is 27.4. The molecule has 0 aliphatic carbocycles. The summed E-state index contributed by atoms with van der Waals surface area (Å²) < 4.78 is 32.4. The molecule has 0 saturated carbocycles. The summed E-state index contributed by atoms with van der Waals surface area (Å²) in [4.78, 5) is 39.9. The number of carbonyl (C=O) groups is 2. The van der Waals surface area contributed by atoms with Crippen LogP contribution in [0.25, 0.3) is 5.76 Å². The molecule has 1 atom stereocenters. The van der Waals surface area contributed by atoms with E-state index in [1.54, 1.807) is 0 Å². The molecule has 0 radical (unpaired) electrons. The second-order valence-corrected chi connectivity index (χ2v) is 11.1. The molecular formula is C25H28N4O8S. The van der Waals surface area contributed by atoms with Crippen LogP contribution in [0.4, 0.5) is 5.69 Å². The first-order valence-corrected chi connectivity index (χ1v) is 13.3. The summed E-state index contributed by atoms with van der Waals surface area (Å²) in [5.74, 6) is -2.16. The monoisotopic (exact) mass is 544 g/mol. The molecule has 0 bridgehead atoms. The minimum Gasteiger partial charge on any atom is -0.507 e. The number of ketones is 1. The van der Waals surface area contributed by atoms with Crippen molar-refractivity contribution >= 4 is 33.2 Å². The van der Waals surface area contributed by atoms with E-state index in [0.29, 0.717) is 25.3 Å². The number of nitrogens with zero attached hydrogens (tertiary/aromatic N) is 4. The summed E-state index contributed by atoms with van der Waals surface area (Å²) in [6.45, 7) is 1.67. The molecule has 202 valence electrons. The van der Waals surface area contributed by atoms with Crippen molar-refractivity contribution in [1.82, 2.24) is 14.1 Å². The Balaban J connectivity index is 1.74. The number of sulfonamides is 1. The van der Waals surface area contributed by atoms with Crippen LogP contribution < -0.4 is 0 Å². The van der Waals surface area contributed by atoms with Crippen LogP contribution in [0, 0.1) is 10.1 Å². The molecule has 13 heteroatoms. The van der Waals surface area contributed by atoms with Gasteiger partial charge in [0.2, 0.25) is 10.0 Å². The highest BCUT2D eigenvalue weighted by molar-refractivity contribution is 7.89. The number of non-ortho nitro benzene ring substituents is 1. The van der Waals surface area contributed by atoms with Gasteiger partial charge in [0.25, 0.3) is 17.4 Å². The molecule has 2 saturated heterocycles. The van der Waals surface area contributed by atoms with Crippen LogP contribution in [0.3, 0.4) is 0 Å². The number of amides is 1. The largest absolute Gasteiger partial charge is 0.507 e. The number of aliphatic hydroxyl groups is 1. The molecule has 4 rings (SSSR count). The lowest BCUT2D eigenvalue weighted by molar-refractivity contribution is -0.384. The van der Waals surface area contributed by atoms with Gasteiger partial charge in [-0.3, -0.25) is 19.7 Å². The summed E-state index contributed by atoms with van der Waals surface area (Å²) in [5, 5.41) is 22.3. The molecule has 2 aromatic rings. The van der Waals surface area contributed by atoms with Crippen LogP contribution in [0.5, 0.6) is 0 Å². The average Bonchev–Trinajstić information content (AvgIpc) is 3.17. The molecule has 1 N–H and O–H groups in total. The van der Waals surface area contributed by atoms with Gasteiger partial charge in [-0.05, 0) is 56.1 Å². The van der Waals surface area contributed by atoms with Gasteiger partial charge in [0.1, 0.15) is 5.76 Å². The number of likely N-dealkylation sites (tertiary alicyclic amines) is 1. The summed E-state index contributed by atoms with van der Waals surface area (Å²) in [6.07, 6.45) is 0. The molecular weight excluding hydrogens is 516 g/mol. The van der Waals surface area contributed by atoms with Gasteiger partial charge in [-0.1, -0.05) is 0 Å². The highest BCUT2D eigenvalue weighted by Gasteiger charge is 2.46. The van der Waals surface area contributed by atoms with E-state index in [-0.39, 0.29) is 41.4 Å². The van der Waals surface area contributed by atoms with Crippen LogP contribution in [0.1, 0.15) is 17.2 Å². The molecule has 2 aromatic carbocycles. The van der Waals surface area contributed by atoms with Gasteiger partial charge in [-0.25, -0.2) is 8.42 Å². The van der Waals surface area contributed by atoms with Crippen molar-refractivity contribution in [2.75, 3.05) is 53.5 Å². The number of aliphatic hydroxyl groups excluding tert-OH is 1. The summed E-state index contributed by atoms with van der Waals surface area (Å²) in [6, 6.07) is 9.88. The Hall–Kier alpha value is -3.65. The van der Waals surface area contributed by atoms with Gasteiger partial charge in [0, 0.05) is 43.9 Å². The number of carbonyl (C=O) groups excluding carboxylic acids is 2. The van der Waals surface area contributed by atoms with Crippen LogP contribution in [0.2, 0.25) is 0 Å².